The van der Waals surface area contributed by atoms with Crippen molar-refractivity contribution in [2.24, 2.45) is 4.99 Å². The Morgan fingerprint density at radius 2 is 1.95 bits per heavy atom. The predicted octanol–water partition coefficient (Wildman–Crippen LogP) is -2.82. The lowest BCUT2D eigenvalue weighted by molar-refractivity contribution is -0.283. The summed E-state index contributed by atoms with van der Waals surface area (Å²) in [5, 5.41) is 55.6. The van der Waals surface area contributed by atoms with Crippen molar-refractivity contribution in [2.45, 2.75) is 43.0 Å². The van der Waals surface area contributed by atoms with Gasteiger partial charge in [-0.05, 0) is 6.42 Å². The number of hydrogen-bond acceptors (Lipinski definition) is 8. The molecule has 5 atom stereocenters. The lowest BCUT2D eigenvalue weighted by Crippen LogP contribution is -2.61. The molecule has 0 spiro atoms. The number of aliphatic imine (C=N–C) groups is 1. The first-order chi connectivity index (χ1) is 9.67. The summed E-state index contributed by atoms with van der Waals surface area (Å²) in [6.07, 6.45) is -5.21. The van der Waals surface area contributed by atoms with E-state index in [0.717, 1.165) is 0 Å². The predicted molar refractivity (Wildman–Crippen MR) is 65.7 cm³/mol. The van der Waals surface area contributed by atoms with Gasteiger partial charge in [-0.1, -0.05) is 0 Å². The second-order valence-corrected chi connectivity index (χ2v) is 4.63. The van der Waals surface area contributed by atoms with E-state index in [1.54, 1.807) is 0 Å². The van der Waals surface area contributed by atoms with E-state index in [1.165, 1.54) is 0 Å². The van der Waals surface area contributed by atoms with Gasteiger partial charge in [0.15, 0.2) is 0 Å². The van der Waals surface area contributed by atoms with Gasteiger partial charge in [-0.2, -0.15) is 0 Å². The summed E-state index contributed by atoms with van der Waals surface area (Å²) in [7, 11) is 0. The molecule has 1 heterocycles. The van der Waals surface area contributed by atoms with E-state index in [4.69, 9.17) is 14.9 Å². The van der Waals surface area contributed by atoms with Crippen LogP contribution in [0.15, 0.2) is 4.99 Å². The Morgan fingerprint density at radius 3 is 2.48 bits per heavy atom. The molecule has 1 fully saturated rings. The van der Waals surface area contributed by atoms with Crippen molar-refractivity contribution < 1.29 is 45.0 Å². The number of aliphatic hydroxyl groups is 4. The topological polar surface area (TPSA) is 177 Å². The molecule has 1 aliphatic rings. The summed E-state index contributed by atoms with van der Waals surface area (Å²) >= 11 is 0. The highest BCUT2D eigenvalue weighted by atomic mass is 16.6. The maximum atomic E-state index is 10.9. The molecule has 0 unspecified atom stereocenters. The first kappa shape index (κ1) is 17.5. The number of rotatable bonds is 6. The van der Waals surface area contributed by atoms with Crippen LogP contribution in [0.2, 0.25) is 0 Å². The van der Waals surface area contributed by atoms with Gasteiger partial charge in [0.05, 0.1) is 12.8 Å². The molecule has 10 heteroatoms. The van der Waals surface area contributed by atoms with Crippen LogP contribution in [0, 0.1) is 0 Å². The zero-order chi connectivity index (χ0) is 16.2. The van der Waals surface area contributed by atoms with Gasteiger partial charge in [0.25, 0.3) is 0 Å². The van der Waals surface area contributed by atoms with Crippen LogP contribution in [0.3, 0.4) is 0 Å². The van der Waals surface area contributed by atoms with E-state index in [2.05, 4.69) is 4.99 Å². The highest BCUT2D eigenvalue weighted by molar-refractivity contribution is 5.78. The van der Waals surface area contributed by atoms with Crippen molar-refractivity contribution in [2.75, 3.05) is 6.61 Å². The van der Waals surface area contributed by atoms with Gasteiger partial charge in [0.2, 0.25) is 5.79 Å². The first-order valence-corrected chi connectivity index (χ1v) is 6.07. The number of aliphatic hydroxyl groups excluding tert-OH is 3. The number of carboxylic acid groups (broad SMARTS) is 2. The number of nitrogens with zero attached hydrogens (tertiary/aromatic N) is 1. The first-order valence-electron chi connectivity index (χ1n) is 6.07. The Balaban J connectivity index is 2.79. The van der Waals surface area contributed by atoms with Crippen LogP contribution in [0.4, 0.5) is 0 Å². The van der Waals surface area contributed by atoms with Crippen LogP contribution in [-0.2, 0) is 14.3 Å². The van der Waals surface area contributed by atoms with Gasteiger partial charge in [-0.25, -0.2) is 4.79 Å². The smallest absolute Gasteiger partial charge is 0.328 e. The van der Waals surface area contributed by atoms with Crippen molar-refractivity contribution in [3.05, 3.63) is 0 Å². The lowest BCUT2D eigenvalue weighted by atomic mass is 9.97. The number of carboxylic acids is 2. The van der Waals surface area contributed by atoms with Crippen LogP contribution in [0.5, 0.6) is 0 Å². The number of hydrogen-bond donors (Lipinski definition) is 6. The fourth-order valence-corrected chi connectivity index (χ4v) is 1.69. The summed E-state index contributed by atoms with van der Waals surface area (Å²) in [5.41, 5.74) is 0. The Morgan fingerprint density at radius 1 is 1.33 bits per heavy atom. The molecule has 6 N–H and O–H groups in total. The van der Waals surface area contributed by atoms with Gasteiger partial charge in [-0.3, -0.25) is 9.79 Å². The number of aliphatic carboxylic acids is 2. The van der Waals surface area contributed by atoms with Gasteiger partial charge in [-0.15, -0.1) is 0 Å². The van der Waals surface area contributed by atoms with Gasteiger partial charge < -0.3 is 35.4 Å². The molecule has 0 aliphatic carbocycles. The van der Waals surface area contributed by atoms with Crippen LogP contribution in [0.1, 0.15) is 12.8 Å². The van der Waals surface area contributed by atoms with Gasteiger partial charge in [0.1, 0.15) is 24.4 Å². The minimum atomic E-state index is -2.46. The van der Waals surface area contributed by atoms with E-state index >= 15 is 0 Å². The van der Waals surface area contributed by atoms with Crippen LogP contribution in [-0.4, -0.2) is 85.5 Å². The summed E-state index contributed by atoms with van der Waals surface area (Å²) in [5.74, 6) is -5.08. The Hall–Kier alpha value is -1.59. The maximum Gasteiger partial charge on any atom is 0.328 e. The quantitative estimate of drug-likeness (QED) is 0.282. The molecule has 1 rings (SSSR count). The molecule has 0 radical (unpaired) electrons. The van der Waals surface area contributed by atoms with Crippen molar-refractivity contribution in [3.8, 4) is 0 Å². The van der Waals surface area contributed by atoms with Crippen LogP contribution in [0.25, 0.3) is 0 Å². The molecule has 0 bridgehead atoms. The van der Waals surface area contributed by atoms with E-state index in [-0.39, 0.29) is 6.42 Å². The Bertz CT molecular complexity index is 426. The molecule has 0 aromatic heterocycles. The maximum absolute atomic E-state index is 10.9. The highest BCUT2D eigenvalue weighted by Gasteiger charge is 2.47. The average molecular weight is 307 g/mol. The molecule has 0 amide bonds. The van der Waals surface area contributed by atoms with E-state index in [0.29, 0.717) is 6.21 Å². The third kappa shape index (κ3) is 4.44. The number of ether oxygens (including phenoxy) is 1. The third-order valence-electron chi connectivity index (χ3n) is 2.98. The molecular formula is C11H17NO9. The molecule has 0 saturated carbocycles. The third-order valence-corrected chi connectivity index (χ3v) is 2.98. The second-order valence-electron chi connectivity index (χ2n) is 4.63. The van der Waals surface area contributed by atoms with Crippen LogP contribution < -0.4 is 0 Å². The molecule has 0 aromatic carbocycles. The average Bonchev–Trinajstić information content (AvgIpc) is 2.40. The zero-order valence-corrected chi connectivity index (χ0v) is 10.9. The van der Waals surface area contributed by atoms with E-state index < -0.39 is 55.1 Å². The largest absolute Gasteiger partial charge is 0.481 e. The normalized spacial score (nSPS) is 34.8. The van der Waals surface area contributed by atoms with Crippen molar-refractivity contribution >= 4 is 18.2 Å². The second kappa shape index (κ2) is 6.91. The van der Waals surface area contributed by atoms with E-state index in [9.17, 15) is 30.0 Å². The molecule has 21 heavy (non-hydrogen) atoms. The van der Waals surface area contributed by atoms with Crippen molar-refractivity contribution in [1.82, 2.24) is 0 Å². The highest BCUT2D eigenvalue weighted by Crippen LogP contribution is 2.22. The summed E-state index contributed by atoms with van der Waals surface area (Å²) in [4.78, 5) is 24.8. The summed E-state index contributed by atoms with van der Waals surface area (Å²) in [6.45, 7) is -0.492. The molecule has 120 valence electrons. The standard InChI is InChI=1S/C11H17NO9/c13-6-3-21-11(20,9(17)8(6)16)4-12-5(10(18)19)1-2-7(14)15/h4-6,8-9,13,16-17,20H,1-3H2,(H,14,15)(H,18,19)/t5-,6+,8+,9-,11+/m0/s1. The molecule has 1 aliphatic heterocycles. The molecule has 10 nitrogen and oxygen atoms in total. The fraction of sp³-hybridized carbons (Fsp3) is 0.727. The van der Waals surface area contributed by atoms with Crippen LogP contribution >= 0.6 is 0 Å². The van der Waals surface area contributed by atoms with Gasteiger partial charge >= 0.3 is 11.9 Å². The fourth-order valence-electron chi connectivity index (χ4n) is 1.69. The number of carbonyl (C=O) groups is 2. The monoisotopic (exact) mass is 307 g/mol. The summed E-state index contributed by atoms with van der Waals surface area (Å²) in [6, 6.07) is -1.45. The van der Waals surface area contributed by atoms with Gasteiger partial charge in [0, 0.05) is 6.42 Å². The van der Waals surface area contributed by atoms with Crippen molar-refractivity contribution in [3.63, 3.8) is 0 Å². The summed E-state index contributed by atoms with van der Waals surface area (Å²) < 4.78 is 4.75. The Labute approximate surface area is 118 Å². The molecular weight excluding hydrogens is 290 g/mol. The Kier molecular flexibility index (Phi) is 5.75. The molecule has 1 saturated heterocycles. The minimum Gasteiger partial charge on any atom is -0.481 e. The van der Waals surface area contributed by atoms with Crippen molar-refractivity contribution in [1.29, 1.82) is 0 Å². The zero-order valence-electron chi connectivity index (χ0n) is 10.9. The molecule has 0 aromatic rings. The minimum absolute atomic E-state index is 0.321. The van der Waals surface area contributed by atoms with E-state index in [1.807, 2.05) is 0 Å². The SMILES string of the molecule is O=C(O)CC[C@H](N=C[C@@]1(O)OC[C@@H](O)[C@@H](O)[C@@H]1O)C(=O)O. The lowest BCUT2D eigenvalue weighted by Gasteiger charge is -2.39.